The van der Waals surface area contributed by atoms with Crippen molar-refractivity contribution in [2.75, 3.05) is 14.2 Å². The number of hydrogen-bond donors (Lipinski definition) is 2. The maximum absolute atomic E-state index is 6.23. The molecule has 0 fully saturated rings. The van der Waals surface area contributed by atoms with Gasteiger partial charge < -0.3 is 15.8 Å². The summed E-state index contributed by atoms with van der Waals surface area (Å²) < 4.78 is 5.52. The molecule has 0 saturated carbocycles. The number of nitrogens with two attached hydrogens (primary N) is 1. The Kier molecular flexibility index (Phi) is 4.77. The van der Waals surface area contributed by atoms with Crippen LogP contribution in [0.5, 0.6) is 5.75 Å². The number of benzene rings is 1. The number of hydrogen-bond acceptors (Lipinski definition) is 3. The van der Waals surface area contributed by atoms with E-state index in [1.54, 1.807) is 7.11 Å². The number of nitrogens with one attached hydrogen (secondary N) is 1. The minimum Gasteiger partial charge on any atom is -0.496 e. The first kappa shape index (κ1) is 15.0. The molecule has 1 atom stereocenters. The highest BCUT2D eigenvalue weighted by Gasteiger charge is 2.27. The van der Waals surface area contributed by atoms with Gasteiger partial charge in [-0.05, 0) is 38.4 Å². The van der Waals surface area contributed by atoms with E-state index in [0.29, 0.717) is 5.92 Å². The zero-order chi connectivity index (χ0) is 13.9. The zero-order valence-corrected chi connectivity index (χ0v) is 12.4. The molecule has 1 unspecified atom stereocenters. The van der Waals surface area contributed by atoms with Crippen molar-refractivity contribution in [3.63, 3.8) is 0 Å². The largest absolute Gasteiger partial charge is 0.496 e. The minimum atomic E-state index is -0.346. The third-order valence-corrected chi connectivity index (χ3v) is 3.27. The molecule has 3 nitrogen and oxygen atoms in total. The lowest BCUT2D eigenvalue weighted by Gasteiger charge is -2.32. The van der Waals surface area contributed by atoms with Gasteiger partial charge in [0.25, 0.3) is 0 Å². The predicted octanol–water partition coefficient (Wildman–Crippen LogP) is 2.82. The van der Waals surface area contributed by atoms with E-state index in [-0.39, 0.29) is 11.6 Å². The number of ether oxygens (including phenoxy) is 1. The maximum atomic E-state index is 6.23. The van der Waals surface area contributed by atoms with Crippen LogP contribution in [0.15, 0.2) is 18.2 Å². The average Bonchev–Trinajstić information content (AvgIpc) is 2.28. The van der Waals surface area contributed by atoms with Gasteiger partial charge in [0.15, 0.2) is 0 Å². The summed E-state index contributed by atoms with van der Waals surface area (Å²) >= 11 is 0. The van der Waals surface area contributed by atoms with E-state index in [1.807, 2.05) is 20.9 Å². The summed E-state index contributed by atoms with van der Waals surface area (Å²) in [5.41, 5.74) is 8.27. The summed E-state index contributed by atoms with van der Waals surface area (Å²) in [6.45, 7) is 8.39. The summed E-state index contributed by atoms with van der Waals surface area (Å²) in [7, 11) is 3.63. The molecule has 0 heterocycles. The molecule has 0 amide bonds. The summed E-state index contributed by atoms with van der Waals surface area (Å²) in [4.78, 5) is 0. The topological polar surface area (TPSA) is 47.3 Å². The van der Waals surface area contributed by atoms with Crippen molar-refractivity contribution >= 4 is 0 Å². The van der Waals surface area contributed by atoms with Crippen molar-refractivity contribution in [2.24, 2.45) is 5.73 Å². The highest BCUT2D eigenvalue weighted by molar-refractivity contribution is 5.42. The van der Waals surface area contributed by atoms with Crippen molar-refractivity contribution in [2.45, 2.75) is 45.2 Å². The van der Waals surface area contributed by atoms with Gasteiger partial charge >= 0.3 is 0 Å². The van der Waals surface area contributed by atoms with E-state index < -0.39 is 0 Å². The molecule has 3 N–H and O–H groups in total. The van der Waals surface area contributed by atoms with Gasteiger partial charge in [0.05, 0.1) is 13.2 Å². The second-order valence-electron chi connectivity index (χ2n) is 5.70. The van der Waals surface area contributed by atoms with Crippen LogP contribution in [0.25, 0.3) is 0 Å². The highest BCUT2D eigenvalue weighted by atomic mass is 16.5. The van der Waals surface area contributed by atoms with Crippen molar-refractivity contribution in [1.29, 1.82) is 0 Å². The molecule has 1 rings (SSSR count). The molecule has 0 spiro atoms. The van der Waals surface area contributed by atoms with E-state index in [0.717, 1.165) is 11.3 Å². The van der Waals surface area contributed by atoms with Crippen LogP contribution in [-0.2, 0) is 0 Å². The smallest absolute Gasteiger partial charge is 0.123 e. The number of likely N-dealkylation sites (N-methyl/N-ethyl adjacent to an activating group) is 1. The molecule has 18 heavy (non-hydrogen) atoms. The SMILES string of the molecule is CNC(c1ccc(C(C)C)cc1OC)C(C)(C)N. The first-order valence-electron chi connectivity index (χ1n) is 6.45. The summed E-state index contributed by atoms with van der Waals surface area (Å²) in [6.07, 6.45) is 0. The van der Waals surface area contributed by atoms with Crippen molar-refractivity contribution in [1.82, 2.24) is 5.32 Å². The van der Waals surface area contributed by atoms with Crippen LogP contribution in [0.3, 0.4) is 0 Å². The fourth-order valence-corrected chi connectivity index (χ4v) is 2.25. The van der Waals surface area contributed by atoms with Gasteiger partial charge in [0.1, 0.15) is 5.75 Å². The van der Waals surface area contributed by atoms with Gasteiger partial charge in [-0.3, -0.25) is 0 Å². The Morgan fingerprint density at radius 2 is 1.89 bits per heavy atom. The van der Waals surface area contributed by atoms with Crippen LogP contribution in [0.1, 0.15) is 50.8 Å². The second kappa shape index (κ2) is 5.72. The molecule has 0 aliphatic heterocycles. The number of methoxy groups -OCH3 is 1. The van der Waals surface area contributed by atoms with E-state index in [4.69, 9.17) is 10.5 Å². The van der Waals surface area contributed by atoms with Crippen LogP contribution in [0.2, 0.25) is 0 Å². The first-order chi connectivity index (χ1) is 8.31. The van der Waals surface area contributed by atoms with E-state index in [9.17, 15) is 0 Å². The molecule has 1 aromatic rings. The zero-order valence-electron chi connectivity index (χ0n) is 12.4. The molecule has 0 radical (unpaired) electrons. The van der Waals surface area contributed by atoms with E-state index in [2.05, 4.69) is 37.4 Å². The molecule has 1 aromatic carbocycles. The minimum absolute atomic E-state index is 0.0636. The Balaban J connectivity index is 3.23. The molecular weight excluding hydrogens is 224 g/mol. The lowest BCUT2D eigenvalue weighted by molar-refractivity contribution is 0.346. The molecule has 3 heteroatoms. The monoisotopic (exact) mass is 250 g/mol. The molecule has 0 saturated heterocycles. The third kappa shape index (κ3) is 3.24. The van der Waals surface area contributed by atoms with Gasteiger partial charge in [0, 0.05) is 11.1 Å². The normalized spacial score (nSPS) is 13.8. The second-order valence-corrected chi connectivity index (χ2v) is 5.70. The van der Waals surface area contributed by atoms with E-state index in [1.165, 1.54) is 5.56 Å². The van der Waals surface area contributed by atoms with Crippen LogP contribution in [0.4, 0.5) is 0 Å². The molecular formula is C15H26N2O. The standard InChI is InChI=1S/C15H26N2O/c1-10(2)11-7-8-12(13(9-11)18-6)14(17-5)15(3,4)16/h7-10,14,17H,16H2,1-6H3. The van der Waals surface area contributed by atoms with Crippen molar-refractivity contribution < 1.29 is 4.74 Å². The Hall–Kier alpha value is -1.06. The Bertz CT molecular complexity index is 394. The Morgan fingerprint density at radius 1 is 1.28 bits per heavy atom. The lowest BCUT2D eigenvalue weighted by Crippen LogP contribution is -2.45. The third-order valence-electron chi connectivity index (χ3n) is 3.27. The van der Waals surface area contributed by atoms with Crippen LogP contribution in [0, 0.1) is 0 Å². The van der Waals surface area contributed by atoms with Gasteiger partial charge in [-0.15, -0.1) is 0 Å². The van der Waals surface area contributed by atoms with Crippen LogP contribution in [-0.4, -0.2) is 19.7 Å². The highest BCUT2D eigenvalue weighted by Crippen LogP contribution is 2.33. The first-order valence-corrected chi connectivity index (χ1v) is 6.45. The summed E-state index contributed by atoms with van der Waals surface area (Å²) in [6, 6.07) is 6.44. The fraction of sp³-hybridized carbons (Fsp3) is 0.600. The van der Waals surface area contributed by atoms with Gasteiger partial charge in [-0.25, -0.2) is 0 Å². The maximum Gasteiger partial charge on any atom is 0.123 e. The van der Waals surface area contributed by atoms with Crippen molar-refractivity contribution in [3.8, 4) is 5.75 Å². The quantitative estimate of drug-likeness (QED) is 0.844. The number of rotatable bonds is 5. The van der Waals surface area contributed by atoms with Gasteiger partial charge in [-0.1, -0.05) is 26.0 Å². The van der Waals surface area contributed by atoms with E-state index >= 15 is 0 Å². The Labute approximate surface area is 111 Å². The van der Waals surface area contributed by atoms with Gasteiger partial charge in [0.2, 0.25) is 0 Å². The van der Waals surface area contributed by atoms with Gasteiger partial charge in [-0.2, -0.15) is 0 Å². The molecule has 0 aromatic heterocycles. The lowest BCUT2D eigenvalue weighted by atomic mass is 9.88. The van der Waals surface area contributed by atoms with Crippen LogP contribution >= 0.6 is 0 Å². The molecule has 0 bridgehead atoms. The Morgan fingerprint density at radius 3 is 2.28 bits per heavy atom. The molecule has 102 valence electrons. The summed E-state index contributed by atoms with van der Waals surface area (Å²) in [5.74, 6) is 1.39. The summed E-state index contributed by atoms with van der Waals surface area (Å²) in [5, 5.41) is 3.28. The fourth-order valence-electron chi connectivity index (χ4n) is 2.25. The predicted molar refractivity (Wildman–Crippen MR) is 77.2 cm³/mol. The van der Waals surface area contributed by atoms with Crippen molar-refractivity contribution in [3.05, 3.63) is 29.3 Å². The molecule has 0 aliphatic rings. The average molecular weight is 250 g/mol. The molecule has 0 aliphatic carbocycles. The van der Waals surface area contributed by atoms with Crippen LogP contribution < -0.4 is 15.8 Å².